The molecular formula is C13H24N2O. The molecule has 1 N–H and O–H groups in total. The van der Waals surface area contributed by atoms with Crippen LogP contribution in [0, 0.1) is 5.41 Å². The van der Waals surface area contributed by atoms with Crippen molar-refractivity contribution < 1.29 is 4.79 Å². The Morgan fingerprint density at radius 3 is 2.69 bits per heavy atom. The van der Waals surface area contributed by atoms with Crippen LogP contribution >= 0.6 is 0 Å². The molecule has 0 bridgehead atoms. The normalized spacial score (nSPS) is 24.3. The number of hydrogen-bond acceptors (Lipinski definition) is 1. The van der Waals surface area contributed by atoms with Gasteiger partial charge >= 0.3 is 6.03 Å². The average molecular weight is 224 g/mol. The number of rotatable bonds is 1. The van der Waals surface area contributed by atoms with E-state index in [-0.39, 0.29) is 17.5 Å². The smallest absolute Gasteiger partial charge is 0.317 e. The van der Waals surface area contributed by atoms with Crippen molar-refractivity contribution in [1.29, 1.82) is 0 Å². The van der Waals surface area contributed by atoms with Crippen molar-refractivity contribution in [2.75, 3.05) is 14.1 Å². The van der Waals surface area contributed by atoms with E-state index >= 15 is 0 Å². The molecule has 2 amide bonds. The number of nitrogens with zero attached hydrogens (tertiary/aromatic N) is 1. The van der Waals surface area contributed by atoms with Crippen molar-refractivity contribution in [2.24, 2.45) is 5.41 Å². The van der Waals surface area contributed by atoms with Gasteiger partial charge in [-0.2, -0.15) is 0 Å². The number of urea groups is 1. The largest absolute Gasteiger partial charge is 0.335 e. The molecule has 1 unspecified atom stereocenters. The van der Waals surface area contributed by atoms with Crippen LogP contribution in [0.15, 0.2) is 11.6 Å². The van der Waals surface area contributed by atoms with Gasteiger partial charge in [0.25, 0.3) is 0 Å². The van der Waals surface area contributed by atoms with Gasteiger partial charge in [-0.3, -0.25) is 0 Å². The van der Waals surface area contributed by atoms with E-state index in [1.54, 1.807) is 19.0 Å². The van der Waals surface area contributed by atoms with Gasteiger partial charge in [-0.15, -0.1) is 0 Å². The van der Waals surface area contributed by atoms with E-state index in [0.717, 1.165) is 19.3 Å². The molecule has 0 aromatic heterocycles. The van der Waals surface area contributed by atoms with Gasteiger partial charge in [0.15, 0.2) is 0 Å². The molecular weight excluding hydrogens is 200 g/mol. The SMILES string of the molecule is CC1=CCC(C)(C)C(NC(=O)N(C)C)CC1. The molecule has 1 rings (SSSR count). The topological polar surface area (TPSA) is 32.3 Å². The van der Waals surface area contributed by atoms with Crippen LogP contribution in [0.5, 0.6) is 0 Å². The molecule has 0 heterocycles. The van der Waals surface area contributed by atoms with Crippen molar-refractivity contribution in [3.63, 3.8) is 0 Å². The molecule has 0 aromatic rings. The molecule has 92 valence electrons. The van der Waals surface area contributed by atoms with Gasteiger partial charge in [-0.25, -0.2) is 4.79 Å². The zero-order chi connectivity index (χ0) is 12.3. The molecule has 0 saturated heterocycles. The first-order valence-corrected chi connectivity index (χ1v) is 5.96. The minimum Gasteiger partial charge on any atom is -0.335 e. The zero-order valence-corrected chi connectivity index (χ0v) is 11.1. The first-order chi connectivity index (χ1) is 7.33. The summed E-state index contributed by atoms with van der Waals surface area (Å²) in [6, 6.07) is 0.272. The van der Waals surface area contributed by atoms with Gasteiger partial charge < -0.3 is 10.2 Å². The predicted octanol–water partition coefficient (Wildman–Crippen LogP) is 2.78. The maximum Gasteiger partial charge on any atom is 0.317 e. The highest BCUT2D eigenvalue weighted by molar-refractivity contribution is 5.73. The lowest BCUT2D eigenvalue weighted by atomic mass is 9.80. The number of nitrogens with one attached hydrogen (secondary N) is 1. The quantitative estimate of drug-likeness (QED) is 0.682. The molecule has 0 aromatic carbocycles. The summed E-state index contributed by atoms with van der Waals surface area (Å²) in [5, 5.41) is 3.12. The zero-order valence-electron chi connectivity index (χ0n) is 11.1. The third kappa shape index (κ3) is 3.26. The fourth-order valence-electron chi connectivity index (χ4n) is 1.99. The minimum absolute atomic E-state index is 0.0117. The van der Waals surface area contributed by atoms with E-state index in [4.69, 9.17) is 0 Å². The lowest BCUT2D eigenvalue weighted by molar-refractivity contribution is 0.189. The van der Waals surface area contributed by atoms with E-state index in [2.05, 4.69) is 32.2 Å². The molecule has 3 nitrogen and oxygen atoms in total. The van der Waals surface area contributed by atoms with E-state index in [0.29, 0.717) is 0 Å². The summed E-state index contributed by atoms with van der Waals surface area (Å²) in [6.07, 6.45) is 5.47. The number of amides is 2. The Balaban J connectivity index is 2.69. The Kier molecular flexibility index (Phi) is 4.00. The Morgan fingerprint density at radius 2 is 2.12 bits per heavy atom. The van der Waals surface area contributed by atoms with Gasteiger partial charge in [0.05, 0.1) is 0 Å². The third-order valence-electron chi connectivity index (χ3n) is 3.45. The summed E-state index contributed by atoms with van der Waals surface area (Å²) in [5.74, 6) is 0. The highest BCUT2D eigenvalue weighted by Gasteiger charge is 2.31. The monoisotopic (exact) mass is 224 g/mol. The summed E-state index contributed by atoms with van der Waals surface area (Å²) in [6.45, 7) is 6.62. The Bertz CT molecular complexity index is 292. The van der Waals surface area contributed by atoms with Gasteiger partial charge in [0.2, 0.25) is 0 Å². The molecule has 1 aliphatic rings. The molecule has 0 fully saturated rings. The van der Waals surface area contributed by atoms with E-state index in [1.807, 2.05) is 0 Å². The summed E-state index contributed by atoms with van der Waals surface area (Å²) < 4.78 is 0. The van der Waals surface area contributed by atoms with Gasteiger partial charge in [-0.05, 0) is 31.6 Å². The Labute approximate surface area is 98.9 Å². The molecule has 3 heteroatoms. The second-order valence-electron chi connectivity index (χ2n) is 5.68. The predicted molar refractivity (Wildman–Crippen MR) is 67.4 cm³/mol. The molecule has 0 saturated carbocycles. The van der Waals surface area contributed by atoms with Crippen LogP contribution in [0.3, 0.4) is 0 Å². The highest BCUT2D eigenvalue weighted by Crippen LogP contribution is 2.33. The van der Waals surface area contributed by atoms with Crippen molar-refractivity contribution in [3.05, 3.63) is 11.6 Å². The van der Waals surface area contributed by atoms with Crippen molar-refractivity contribution in [3.8, 4) is 0 Å². The number of carbonyl (C=O) groups is 1. The molecule has 0 spiro atoms. The first kappa shape index (κ1) is 13.1. The van der Waals surface area contributed by atoms with Crippen LogP contribution in [0.1, 0.15) is 40.0 Å². The average Bonchev–Trinajstić information content (AvgIpc) is 2.30. The summed E-state index contributed by atoms with van der Waals surface area (Å²) in [4.78, 5) is 13.3. The second-order valence-corrected chi connectivity index (χ2v) is 5.68. The van der Waals surface area contributed by atoms with Crippen molar-refractivity contribution in [1.82, 2.24) is 10.2 Å². The van der Waals surface area contributed by atoms with Gasteiger partial charge in [0, 0.05) is 20.1 Å². The van der Waals surface area contributed by atoms with E-state index in [9.17, 15) is 4.79 Å². The molecule has 1 atom stereocenters. The molecule has 1 aliphatic carbocycles. The summed E-state index contributed by atoms with van der Waals surface area (Å²) >= 11 is 0. The number of hydrogen-bond donors (Lipinski definition) is 1. The maximum absolute atomic E-state index is 11.7. The van der Waals surface area contributed by atoms with Gasteiger partial charge in [0.1, 0.15) is 0 Å². The number of allylic oxidation sites excluding steroid dienone is 2. The third-order valence-corrected chi connectivity index (χ3v) is 3.45. The van der Waals surface area contributed by atoms with E-state index in [1.165, 1.54) is 5.57 Å². The summed E-state index contributed by atoms with van der Waals surface area (Å²) in [5.41, 5.74) is 1.58. The van der Waals surface area contributed by atoms with Crippen LogP contribution in [0.4, 0.5) is 4.79 Å². The fraction of sp³-hybridized carbons (Fsp3) is 0.769. The fourth-order valence-corrected chi connectivity index (χ4v) is 1.99. The van der Waals surface area contributed by atoms with Crippen LogP contribution in [0.2, 0.25) is 0 Å². The minimum atomic E-state index is 0.0117. The lowest BCUT2D eigenvalue weighted by Crippen LogP contribution is -2.48. The molecule has 0 radical (unpaired) electrons. The van der Waals surface area contributed by atoms with Crippen LogP contribution in [-0.2, 0) is 0 Å². The summed E-state index contributed by atoms with van der Waals surface area (Å²) in [7, 11) is 3.56. The highest BCUT2D eigenvalue weighted by atomic mass is 16.2. The number of carbonyl (C=O) groups excluding carboxylic acids is 1. The molecule has 0 aliphatic heterocycles. The second kappa shape index (κ2) is 4.89. The first-order valence-electron chi connectivity index (χ1n) is 5.96. The lowest BCUT2D eigenvalue weighted by Gasteiger charge is -2.33. The van der Waals surface area contributed by atoms with Crippen molar-refractivity contribution in [2.45, 2.75) is 46.1 Å². The van der Waals surface area contributed by atoms with Crippen LogP contribution < -0.4 is 5.32 Å². The standard InChI is InChI=1S/C13H24N2O/c1-10-6-7-11(13(2,3)9-8-10)14-12(16)15(4)5/h8,11H,6-7,9H2,1-5H3,(H,14,16). The van der Waals surface area contributed by atoms with Gasteiger partial charge in [-0.1, -0.05) is 25.5 Å². The van der Waals surface area contributed by atoms with Crippen LogP contribution in [-0.4, -0.2) is 31.1 Å². The Hall–Kier alpha value is -0.990. The van der Waals surface area contributed by atoms with Crippen molar-refractivity contribution >= 4 is 6.03 Å². The Morgan fingerprint density at radius 1 is 1.50 bits per heavy atom. The molecule has 16 heavy (non-hydrogen) atoms. The van der Waals surface area contributed by atoms with E-state index < -0.39 is 0 Å². The van der Waals surface area contributed by atoms with Crippen LogP contribution in [0.25, 0.3) is 0 Å². The maximum atomic E-state index is 11.7.